The Morgan fingerprint density at radius 2 is 2.27 bits per heavy atom. The molecule has 1 rings (SSSR count). The van der Waals surface area contributed by atoms with E-state index in [-0.39, 0.29) is 0 Å². The van der Waals surface area contributed by atoms with Crippen LogP contribution < -0.4 is 5.32 Å². The van der Waals surface area contributed by atoms with Gasteiger partial charge in [-0.3, -0.25) is 0 Å². The summed E-state index contributed by atoms with van der Waals surface area (Å²) in [7, 11) is 0. The fourth-order valence-electron chi connectivity index (χ4n) is 1.54. The van der Waals surface area contributed by atoms with E-state index in [1.165, 1.54) is 27.9 Å². The highest BCUT2D eigenvalue weighted by Gasteiger charge is 2.01. The molecule has 0 fully saturated rings. The van der Waals surface area contributed by atoms with Crippen molar-refractivity contribution in [3.63, 3.8) is 0 Å². The Kier molecular flexibility index (Phi) is 6.53. The van der Waals surface area contributed by atoms with E-state index in [0.717, 1.165) is 13.0 Å². The third-order valence-corrected chi connectivity index (χ3v) is 4.17. The van der Waals surface area contributed by atoms with Gasteiger partial charge in [0.25, 0.3) is 0 Å². The number of halogens is 1. The van der Waals surface area contributed by atoms with Gasteiger partial charge in [0, 0.05) is 17.5 Å². The fourth-order valence-corrected chi connectivity index (χ4v) is 3.02. The van der Waals surface area contributed by atoms with Crippen molar-refractivity contribution in [2.75, 3.05) is 6.54 Å². The van der Waals surface area contributed by atoms with E-state index in [1.807, 2.05) is 11.3 Å². The van der Waals surface area contributed by atoms with Crippen molar-refractivity contribution in [3.05, 3.63) is 20.8 Å². The van der Waals surface area contributed by atoms with Gasteiger partial charge in [0.05, 0.1) is 3.79 Å². The second-order valence-electron chi connectivity index (χ2n) is 3.95. The molecule has 1 unspecified atom stereocenters. The van der Waals surface area contributed by atoms with Crippen molar-refractivity contribution in [3.8, 4) is 0 Å². The Hall–Kier alpha value is 0.140. The van der Waals surface area contributed by atoms with Gasteiger partial charge < -0.3 is 5.32 Å². The van der Waals surface area contributed by atoms with Crippen LogP contribution in [0.15, 0.2) is 15.9 Å². The van der Waals surface area contributed by atoms with Gasteiger partial charge in [-0.05, 0) is 47.8 Å². The predicted octanol–water partition coefficient (Wildman–Crippen LogP) is 4.22. The lowest BCUT2D eigenvalue weighted by Crippen LogP contribution is -2.27. The average molecular weight is 290 g/mol. The summed E-state index contributed by atoms with van der Waals surface area (Å²) >= 11 is 5.32. The van der Waals surface area contributed by atoms with E-state index in [1.54, 1.807) is 0 Å². The first-order valence-electron chi connectivity index (χ1n) is 5.70. The second-order valence-corrected chi connectivity index (χ2v) is 6.50. The van der Waals surface area contributed by atoms with Crippen LogP contribution in [0.25, 0.3) is 0 Å². The zero-order valence-electron chi connectivity index (χ0n) is 9.55. The number of thiophene rings is 1. The minimum absolute atomic E-state index is 0.661. The summed E-state index contributed by atoms with van der Waals surface area (Å²) in [6.45, 7) is 5.62. The van der Waals surface area contributed by atoms with Gasteiger partial charge in [0.2, 0.25) is 0 Å². The predicted molar refractivity (Wildman–Crippen MR) is 72.7 cm³/mol. The third-order valence-electron chi connectivity index (χ3n) is 2.48. The number of unbranched alkanes of at least 4 members (excludes halogenated alkanes) is 1. The molecule has 0 saturated carbocycles. The zero-order valence-corrected chi connectivity index (χ0v) is 12.0. The van der Waals surface area contributed by atoms with Crippen molar-refractivity contribution >= 4 is 27.3 Å². The first-order chi connectivity index (χ1) is 7.22. The molecular formula is C12H20BrNS. The highest BCUT2D eigenvalue weighted by Crippen LogP contribution is 2.22. The van der Waals surface area contributed by atoms with Crippen LogP contribution in [0.1, 0.15) is 38.0 Å². The molecule has 1 atom stereocenters. The van der Waals surface area contributed by atoms with Crippen LogP contribution in [-0.4, -0.2) is 12.6 Å². The summed E-state index contributed by atoms with van der Waals surface area (Å²) in [6.07, 6.45) is 5.07. The van der Waals surface area contributed by atoms with E-state index < -0.39 is 0 Å². The largest absolute Gasteiger partial charge is 0.314 e. The summed E-state index contributed by atoms with van der Waals surface area (Å²) in [5, 5.41) is 3.57. The van der Waals surface area contributed by atoms with Crippen LogP contribution >= 0.6 is 27.3 Å². The van der Waals surface area contributed by atoms with E-state index in [9.17, 15) is 0 Å². The lowest BCUT2D eigenvalue weighted by molar-refractivity contribution is 0.499. The number of nitrogens with one attached hydrogen (secondary N) is 1. The Bertz CT molecular complexity index is 272. The lowest BCUT2D eigenvalue weighted by atomic mass is 10.1. The molecule has 0 aliphatic carbocycles. The van der Waals surface area contributed by atoms with Crippen molar-refractivity contribution < 1.29 is 0 Å². The fraction of sp³-hybridized carbons (Fsp3) is 0.667. The topological polar surface area (TPSA) is 12.0 Å². The van der Waals surface area contributed by atoms with E-state index >= 15 is 0 Å². The summed E-state index contributed by atoms with van der Waals surface area (Å²) in [5.74, 6) is 0. The smallest absolute Gasteiger partial charge is 0.0701 e. The molecule has 0 saturated heterocycles. The zero-order chi connectivity index (χ0) is 11.1. The van der Waals surface area contributed by atoms with E-state index in [4.69, 9.17) is 0 Å². The van der Waals surface area contributed by atoms with E-state index in [0.29, 0.717) is 6.04 Å². The van der Waals surface area contributed by atoms with Crippen LogP contribution in [-0.2, 0) is 6.42 Å². The highest BCUT2D eigenvalue weighted by molar-refractivity contribution is 9.11. The standard InChI is InChI=1S/C12H20BrNS/c1-3-4-5-10(2)14-9-8-11-6-7-12(13)15-11/h6-7,10,14H,3-5,8-9H2,1-2H3. The Morgan fingerprint density at radius 3 is 2.87 bits per heavy atom. The van der Waals surface area contributed by atoms with Gasteiger partial charge in [-0.2, -0.15) is 0 Å². The van der Waals surface area contributed by atoms with Crippen LogP contribution in [0, 0.1) is 0 Å². The summed E-state index contributed by atoms with van der Waals surface area (Å²) in [6, 6.07) is 4.99. The molecule has 1 N–H and O–H groups in total. The van der Waals surface area contributed by atoms with Crippen molar-refractivity contribution in [2.24, 2.45) is 0 Å². The van der Waals surface area contributed by atoms with Crippen molar-refractivity contribution in [1.82, 2.24) is 5.32 Å². The number of rotatable bonds is 7. The molecule has 1 aromatic rings. The molecule has 0 aliphatic rings. The van der Waals surface area contributed by atoms with Gasteiger partial charge >= 0.3 is 0 Å². The van der Waals surface area contributed by atoms with Gasteiger partial charge in [0.15, 0.2) is 0 Å². The minimum Gasteiger partial charge on any atom is -0.314 e. The quantitative estimate of drug-likeness (QED) is 0.792. The van der Waals surface area contributed by atoms with Crippen LogP contribution in [0.3, 0.4) is 0 Å². The minimum atomic E-state index is 0.661. The van der Waals surface area contributed by atoms with Gasteiger partial charge in [-0.1, -0.05) is 19.8 Å². The SMILES string of the molecule is CCCCC(C)NCCc1ccc(Br)s1. The van der Waals surface area contributed by atoms with Gasteiger partial charge in [0.1, 0.15) is 0 Å². The third kappa shape index (κ3) is 5.69. The van der Waals surface area contributed by atoms with Crippen molar-refractivity contribution in [1.29, 1.82) is 0 Å². The molecule has 1 nitrogen and oxygen atoms in total. The van der Waals surface area contributed by atoms with Crippen LogP contribution in [0.2, 0.25) is 0 Å². The number of hydrogen-bond acceptors (Lipinski definition) is 2. The molecule has 0 spiro atoms. The first-order valence-corrected chi connectivity index (χ1v) is 7.31. The van der Waals surface area contributed by atoms with E-state index in [2.05, 4.69) is 47.2 Å². The maximum atomic E-state index is 3.57. The molecule has 0 bridgehead atoms. The van der Waals surface area contributed by atoms with Crippen LogP contribution in [0.5, 0.6) is 0 Å². The maximum absolute atomic E-state index is 3.57. The summed E-state index contributed by atoms with van der Waals surface area (Å²) < 4.78 is 1.23. The molecule has 1 heterocycles. The second kappa shape index (κ2) is 7.42. The maximum Gasteiger partial charge on any atom is 0.0701 e. The Labute approximate surface area is 105 Å². The molecular weight excluding hydrogens is 270 g/mol. The molecule has 0 amide bonds. The highest BCUT2D eigenvalue weighted by atomic mass is 79.9. The lowest BCUT2D eigenvalue weighted by Gasteiger charge is -2.12. The van der Waals surface area contributed by atoms with Gasteiger partial charge in [-0.25, -0.2) is 0 Å². The average Bonchev–Trinajstić information content (AvgIpc) is 2.61. The molecule has 15 heavy (non-hydrogen) atoms. The summed E-state index contributed by atoms with van der Waals surface area (Å²) in [5.41, 5.74) is 0. The normalized spacial score (nSPS) is 13.0. The molecule has 86 valence electrons. The first kappa shape index (κ1) is 13.2. The monoisotopic (exact) mass is 289 g/mol. The number of hydrogen-bond donors (Lipinski definition) is 1. The Morgan fingerprint density at radius 1 is 1.47 bits per heavy atom. The molecule has 1 aromatic heterocycles. The summed E-state index contributed by atoms with van der Waals surface area (Å²) in [4.78, 5) is 1.46. The van der Waals surface area contributed by atoms with Crippen LogP contribution in [0.4, 0.5) is 0 Å². The molecule has 0 aromatic carbocycles. The van der Waals surface area contributed by atoms with Crippen molar-refractivity contribution in [2.45, 2.75) is 45.6 Å². The van der Waals surface area contributed by atoms with Gasteiger partial charge in [-0.15, -0.1) is 11.3 Å². The molecule has 0 radical (unpaired) electrons. The Balaban J connectivity index is 2.10. The molecule has 3 heteroatoms. The molecule has 0 aliphatic heterocycles.